The zero-order valence-electron chi connectivity index (χ0n) is 38.6. The Balaban J connectivity index is 2.45. The molecule has 11 nitrogen and oxygen atoms in total. The van der Waals surface area contributed by atoms with Crippen LogP contribution < -0.4 is 5.32 Å². The summed E-state index contributed by atoms with van der Waals surface area (Å²) in [5, 5.41) is 75.7. The van der Waals surface area contributed by atoms with Crippen LogP contribution in [0.25, 0.3) is 0 Å². The SMILES string of the molecule is CCCCCCCCCC/C=C/CC/C=C/CC/C=C/CCCC(O)C(O)C(COC1OC(CO)C(O)C(O)C1O)NC(=O)C(O)CCCCCCCCCCCCCCC. The Bertz CT molecular complexity index is 1090. The molecule has 0 radical (unpaired) electrons. The van der Waals surface area contributed by atoms with Crippen LogP contribution in [0, 0.1) is 0 Å². The van der Waals surface area contributed by atoms with Crippen LogP contribution in [0.4, 0.5) is 0 Å². The smallest absolute Gasteiger partial charge is 0.249 e. The number of rotatable bonds is 41. The number of ether oxygens (including phenoxy) is 2. The molecule has 0 aromatic carbocycles. The maximum absolute atomic E-state index is 13.1. The van der Waals surface area contributed by atoms with E-state index in [2.05, 4.69) is 55.6 Å². The largest absolute Gasteiger partial charge is 0.394 e. The lowest BCUT2D eigenvalue weighted by molar-refractivity contribution is -0.303. The first kappa shape index (κ1) is 57.3. The summed E-state index contributed by atoms with van der Waals surface area (Å²) in [7, 11) is 0. The highest BCUT2D eigenvalue weighted by molar-refractivity contribution is 5.80. The minimum Gasteiger partial charge on any atom is -0.394 e. The van der Waals surface area contributed by atoms with Gasteiger partial charge in [-0.2, -0.15) is 0 Å². The van der Waals surface area contributed by atoms with Crippen molar-refractivity contribution in [3.05, 3.63) is 36.5 Å². The summed E-state index contributed by atoms with van der Waals surface area (Å²) in [5.41, 5.74) is 0. The van der Waals surface area contributed by atoms with Gasteiger partial charge in [0.15, 0.2) is 6.29 Å². The molecule has 358 valence electrons. The van der Waals surface area contributed by atoms with Crippen molar-refractivity contribution in [3.8, 4) is 0 Å². The molecule has 0 aromatic heterocycles. The maximum atomic E-state index is 13.1. The van der Waals surface area contributed by atoms with Gasteiger partial charge in [-0.25, -0.2) is 0 Å². The van der Waals surface area contributed by atoms with Crippen molar-refractivity contribution in [2.24, 2.45) is 0 Å². The number of carbonyl (C=O) groups is 1. The molecule has 1 saturated heterocycles. The molecule has 0 bridgehead atoms. The molecule has 1 aliphatic heterocycles. The van der Waals surface area contributed by atoms with E-state index in [0.717, 1.165) is 44.9 Å². The van der Waals surface area contributed by atoms with Gasteiger partial charge in [0.05, 0.1) is 25.4 Å². The summed E-state index contributed by atoms with van der Waals surface area (Å²) in [6, 6.07) is -1.19. The molecule has 1 amide bonds. The lowest BCUT2D eigenvalue weighted by atomic mass is 9.98. The van der Waals surface area contributed by atoms with Crippen LogP contribution in [0.1, 0.15) is 206 Å². The van der Waals surface area contributed by atoms with E-state index >= 15 is 0 Å². The Morgan fingerprint density at radius 3 is 1.46 bits per heavy atom. The normalized spacial score (nSPS) is 21.8. The second-order valence-corrected chi connectivity index (χ2v) is 17.5. The highest BCUT2D eigenvalue weighted by atomic mass is 16.7. The van der Waals surface area contributed by atoms with Gasteiger partial charge in [0.2, 0.25) is 5.91 Å². The van der Waals surface area contributed by atoms with E-state index in [1.54, 1.807) is 0 Å². The zero-order chi connectivity index (χ0) is 44.8. The zero-order valence-corrected chi connectivity index (χ0v) is 38.6. The Hall–Kier alpha value is -1.67. The topological polar surface area (TPSA) is 189 Å². The lowest BCUT2D eigenvalue weighted by Gasteiger charge is -2.40. The highest BCUT2D eigenvalue weighted by Crippen LogP contribution is 2.23. The first-order chi connectivity index (χ1) is 29.7. The van der Waals surface area contributed by atoms with Gasteiger partial charge in [-0.15, -0.1) is 0 Å². The van der Waals surface area contributed by atoms with Crippen molar-refractivity contribution in [3.63, 3.8) is 0 Å². The van der Waals surface area contributed by atoms with E-state index in [4.69, 9.17) is 9.47 Å². The third-order valence-corrected chi connectivity index (χ3v) is 11.9. The standard InChI is InChI=1S/C50H93NO10/c1-3-5-7-9-11-13-15-17-18-19-20-21-22-23-24-26-27-29-31-33-35-37-42(53)45(55)41(40-60-50-48(58)47(57)46(56)44(39-52)61-50)51-49(59)43(54)38-36-34-32-30-28-25-16-14-12-10-8-6-4-2/h19-20,23-24,29,31,41-48,50,52-58H,3-18,21-22,25-28,30,32-40H2,1-2H3,(H,51,59)/b20-19+,24-23+,31-29+. The van der Waals surface area contributed by atoms with Crippen molar-refractivity contribution in [1.29, 1.82) is 0 Å². The third kappa shape index (κ3) is 29.4. The van der Waals surface area contributed by atoms with Gasteiger partial charge < -0.3 is 50.5 Å². The first-order valence-corrected chi connectivity index (χ1v) is 24.9. The molecule has 0 saturated carbocycles. The van der Waals surface area contributed by atoms with Crippen LogP contribution in [0.15, 0.2) is 36.5 Å². The Kier molecular flexibility index (Phi) is 37.5. The summed E-state index contributed by atoms with van der Waals surface area (Å²) in [6.07, 6.45) is 34.8. The lowest BCUT2D eigenvalue weighted by Crippen LogP contribution is -2.60. The molecule has 8 N–H and O–H groups in total. The van der Waals surface area contributed by atoms with E-state index < -0.39 is 74.2 Å². The Labute approximate surface area is 371 Å². The van der Waals surface area contributed by atoms with Crippen LogP contribution in [0.3, 0.4) is 0 Å². The Morgan fingerprint density at radius 2 is 0.984 bits per heavy atom. The van der Waals surface area contributed by atoms with Crippen molar-refractivity contribution in [2.45, 2.75) is 262 Å². The maximum Gasteiger partial charge on any atom is 0.249 e. The summed E-state index contributed by atoms with van der Waals surface area (Å²) in [4.78, 5) is 13.1. The van der Waals surface area contributed by atoms with Gasteiger partial charge in [-0.05, 0) is 64.2 Å². The number of aliphatic hydroxyl groups excluding tert-OH is 7. The second kappa shape index (κ2) is 39.9. The summed E-state index contributed by atoms with van der Waals surface area (Å²) < 4.78 is 11.1. The molecule has 11 heteroatoms. The predicted molar refractivity (Wildman–Crippen MR) is 247 cm³/mol. The van der Waals surface area contributed by atoms with E-state index in [1.165, 1.54) is 116 Å². The summed E-state index contributed by atoms with van der Waals surface area (Å²) in [5.74, 6) is -0.713. The van der Waals surface area contributed by atoms with Crippen LogP contribution >= 0.6 is 0 Å². The number of aliphatic hydroxyl groups is 7. The molecule has 1 rings (SSSR count). The van der Waals surface area contributed by atoms with Crippen molar-refractivity contribution < 1.29 is 50.0 Å². The average Bonchev–Trinajstić information content (AvgIpc) is 3.26. The summed E-state index contributed by atoms with van der Waals surface area (Å²) in [6.45, 7) is 3.41. The minimum atomic E-state index is -1.67. The molecule has 0 spiro atoms. The Morgan fingerprint density at radius 1 is 0.557 bits per heavy atom. The van der Waals surface area contributed by atoms with Crippen molar-refractivity contribution >= 4 is 5.91 Å². The van der Waals surface area contributed by atoms with E-state index in [-0.39, 0.29) is 12.8 Å². The van der Waals surface area contributed by atoms with Crippen LogP contribution in [0.5, 0.6) is 0 Å². The minimum absolute atomic E-state index is 0.242. The van der Waals surface area contributed by atoms with Crippen LogP contribution in [-0.2, 0) is 14.3 Å². The molecule has 1 aliphatic rings. The highest BCUT2D eigenvalue weighted by Gasteiger charge is 2.44. The van der Waals surface area contributed by atoms with Gasteiger partial charge >= 0.3 is 0 Å². The molecule has 1 fully saturated rings. The van der Waals surface area contributed by atoms with Gasteiger partial charge in [-0.3, -0.25) is 4.79 Å². The molecular formula is C50H93NO10. The van der Waals surface area contributed by atoms with Gasteiger partial charge in [0, 0.05) is 0 Å². The molecule has 0 aliphatic carbocycles. The van der Waals surface area contributed by atoms with Gasteiger partial charge in [0.1, 0.15) is 36.6 Å². The molecule has 0 aromatic rings. The number of carbonyl (C=O) groups excluding carboxylic acids is 1. The van der Waals surface area contributed by atoms with Crippen molar-refractivity contribution in [2.75, 3.05) is 13.2 Å². The fourth-order valence-electron chi connectivity index (χ4n) is 7.77. The molecule has 1 heterocycles. The molecule has 9 atom stereocenters. The monoisotopic (exact) mass is 868 g/mol. The fourth-order valence-corrected chi connectivity index (χ4v) is 7.77. The third-order valence-electron chi connectivity index (χ3n) is 11.9. The number of hydrogen-bond donors (Lipinski definition) is 8. The number of amides is 1. The van der Waals surface area contributed by atoms with Crippen LogP contribution in [0.2, 0.25) is 0 Å². The van der Waals surface area contributed by atoms with Crippen molar-refractivity contribution in [1.82, 2.24) is 5.32 Å². The van der Waals surface area contributed by atoms with E-state index in [0.29, 0.717) is 19.3 Å². The second-order valence-electron chi connectivity index (χ2n) is 17.5. The molecule has 61 heavy (non-hydrogen) atoms. The van der Waals surface area contributed by atoms with Gasteiger partial charge in [0.25, 0.3) is 0 Å². The average molecular weight is 868 g/mol. The van der Waals surface area contributed by atoms with Crippen LogP contribution in [-0.4, -0.2) is 110 Å². The first-order valence-electron chi connectivity index (χ1n) is 24.9. The number of hydrogen-bond acceptors (Lipinski definition) is 10. The van der Waals surface area contributed by atoms with Gasteiger partial charge in [-0.1, -0.05) is 179 Å². The predicted octanol–water partition coefficient (Wildman–Crippen LogP) is 8.78. The molecule has 9 unspecified atom stereocenters. The quantitative estimate of drug-likeness (QED) is 0.0218. The fraction of sp³-hybridized carbons (Fsp3) is 0.860. The molecular weight excluding hydrogens is 775 g/mol. The summed E-state index contributed by atoms with van der Waals surface area (Å²) >= 11 is 0. The van der Waals surface area contributed by atoms with E-state index in [1.807, 2.05) is 0 Å². The van der Waals surface area contributed by atoms with E-state index in [9.17, 15) is 40.5 Å². The number of unbranched alkanes of at least 4 members (excludes halogenated alkanes) is 23. The number of nitrogens with one attached hydrogen (secondary N) is 1. The number of allylic oxidation sites excluding steroid dienone is 6.